The lowest BCUT2D eigenvalue weighted by Gasteiger charge is -2.05. The van der Waals surface area contributed by atoms with Gasteiger partial charge in [0.25, 0.3) is 0 Å². The summed E-state index contributed by atoms with van der Waals surface area (Å²) < 4.78 is 7.63. The monoisotopic (exact) mass is 268 g/mol. The number of rotatable bonds is 4. The predicted molar refractivity (Wildman–Crippen MR) is 77.4 cm³/mol. The van der Waals surface area contributed by atoms with E-state index in [-0.39, 0.29) is 6.61 Å². The Balaban J connectivity index is 1.83. The Morgan fingerprint density at radius 1 is 1.15 bits per heavy atom. The molecule has 0 unspecified atom stereocenters. The van der Waals surface area contributed by atoms with Crippen LogP contribution in [0.1, 0.15) is 11.3 Å². The van der Waals surface area contributed by atoms with E-state index in [0.717, 1.165) is 27.9 Å². The van der Waals surface area contributed by atoms with Crippen molar-refractivity contribution in [3.63, 3.8) is 0 Å². The molecular formula is C16H16N2O2. The zero-order chi connectivity index (χ0) is 13.9. The topological polar surface area (TPSA) is 47.3 Å². The van der Waals surface area contributed by atoms with Crippen LogP contribution < -0.4 is 4.74 Å². The van der Waals surface area contributed by atoms with Crippen LogP contribution in [-0.2, 0) is 20.3 Å². The summed E-state index contributed by atoms with van der Waals surface area (Å²) >= 11 is 0. The zero-order valence-corrected chi connectivity index (χ0v) is 11.3. The minimum absolute atomic E-state index is 0.0176. The van der Waals surface area contributed by atoms with E-state index >= 15 is 0 Å². The molecule has 2 aromatic carbocycles. The SMILES string of the molecule is Cn1nc(COc2cccc(CO)c2)c2ccccc21. The summed E-state index contributed by atoms with van der Waals surface area (Å²) in [7, 11) is 1.93. The predicted octanol–water partition coefficient (Wildman–Crippen LogP) is 2.64. The molecule has 20 heavy (non-hydrogen) atoms. The van der Waals surface area contributed by atoms with Gasteiger partial charge in [0.05, 0.1) is 12.1 Å². The minimum atomic E-state index is 0.0176. The second kappa shape index (κ2) is 5.35. The van der Waals surface area contributed by atoms with Crippen LogP contribution in [0.2, 0.25) is 0 Å². The maximum atomic E-state index is 9.12. The van der Waals surface area contributed by atoms with Crippen molar-refractivity contribution in [3.8, 4) is 5.75 Å². The fourth-order valence-corrected chi connectivity index (χ4v) is 2.28. The van der Waals surface area contributed by atoms with Crippen LogP contribution in [0.5, 0.6) is 5.75 Å². The third-order valence-electron chi connectivity index (χ3n) is 3.29. The van der Waals surface area contributed by atoms with Crippen molar-refractivity contribution in [1.82, 2.24) is 9.78 Å². The highest BCUT2D eigenvalue weighted by Crippen LogP contribution is 2.20. The Labute approximate surface area is 117 Å². The highest BCUT2D eigenvalue weighted by atomic mass is 16.5. The Hall–Kier alpha value is -2.33. The van der Waals surface area contributed by atoms with E-state index in [1.54, 1.807) is 0 Å². The summed E-state index contributed by atoms with van der Waals surface area (Å²) in [4.78, 5) is 0. The standard InChI is InChI=1S/C16H16N2O2/c1-18-16-8-3-2-7-14(16)15(17-18)11-20-13-6-4-5-12(9-13)10-19/h2-9,19H,10-11H2,1H3. The number of hydrogen-bond acceptors (Lipinski definition) is 3. The van der Waals surface area contributed by atoms with Crippen molar-refractivity contribution in [3.05, 3.63) is 59.8 Å². The number of aliphatic hydroxyl groups excluding tert-OH is 1. The van der Waals surface area contributed by atoms with Gasteiger partial charge in [-0.2, -0.15) is 5.10 Å². The first-order chi connectivity index (χ1) is 9.78. The highest BCUT2D eigenvalue weighted by Gasteiger charge is 2.08. The van der Waals surface area contributed by atoms with Gasteiger partial charge in [-0.05, 0) is 23.8 Å². The smallest absolute Gasteiger partial charge is 0.133 e. The third-order valence-corrected chi connectivity index (χ3v) is 3.29. The van der Waals surface area contributed by atoms with Crippen molar-refractivity contribution in [2.24, 2.45) is 7.05 Å². The molecule has 0 atom stereocenters. The average Bonchev–Trinajstić information content (AvgIpc) is 2.82. The molecule has 0 radical (unpaired) electrons. The molecule has 102 valence electrons. The lowest BCUT2D eigenvalue weighted by Crippen LogP contribution is -1.98. The van der Waals surface area contributed by atoms with E-state index < -0.39 is 0 Å². The van der Waals surface area contributed by atoms with Crippen LogP contribution in [0.15, 0.2) is 48.5 Å². The summed E-state index contributed by atoms with van der Waals surface area (Å²) in [6.07, 6.45) is 0. The van der Waals surface area contributed by atoms with Crippen molar-refractivity contribution >= 4 is 10.9 Å². The van der Waals surface area contributed by atoms with E-state index in [0.29, 0.717) is 6.61 Å². The number of para-hydroxylation sites is 1. The van der Waals surface area contributed by atoms with Gasteiger partial charge in [-0.1, -0.05) is 30.3 Å². The van der Waals surface area contributed by atoms with Gasteiger partial charge < -0.3 is 9.84 Å². The summed E-state index contributed by atoms with van der Waals surface area (Å²) in [6.45, 7) is 0.431. The van der Waals surface area contributed by atoms with Crippen molar-refractivity contribution in [2.75, 3.05) is 0 Å². The van der Waals surface area contributed by atoms with Gasteiger partial charge >= 0.3 is 0 Å². The second-order valence-corrected chi connectivity index (χ2v) is 4.68. The van der Waals surface area contributed by atoms with Crippen LogP contribution in [0.4, 0.5) is 0 Å². The van der Waals surface area contributed by atoms with Crippen LogP contribution in [-0.4, -0.2) is 14.9 Å². The molecule has 3 rings (SSSR count). The normalized spacial score (nSPS) is 10.9. The number of hydrogen-bond donors (Lipinski definition) is 1. The minimum Gasteiger partial charge on any atom is -0.487 e. The van der Waals surface area contributed by atoms with Gasteiger partial charge in [-0.3, -0.25) is 4.68 Å². The molecule has 0 spiro atoms. The number of aliphatic hydroxyl groups is 1. The first-order valence-corrected chi connectivity index (χ1v) is 6.51. The fourth-order valence-electron chi connectivity index (χ4n) is 2.28. The van der Waals surface area contributed by atoms with Gasteiger partial charge in [0, 0.05) is 12.4 Å². The summed E-state index contributed by atoms with van der Waals surface area (Å²) in [5.41, 5.74) is 2.85. The maximum Gasteiger partial charge on any atom is 0.133 e. The van der Waals surface area contributed by atoms with Crippen LogP contribution in [0.3, 0.4) is 0 Å². The van der Waals surface area contributed by atoms with Crippen LogP contribution in [0.25, 0.3) is 10.9 Å². The van der Waals surface area contributed by atoms with Gasteiger partial charge in [0.15, 0.2) is 0 Å². The molecule has 0 aliphatic rings. The Morgan fingerprint density at radius 3 is 2.85 bits per heavy atom. The van der Waals surface area contributed by atoms with Crippen molar-refractivity contribution < 1.29 is 9.84 Å². The summed E-state index contributed by atoms with van der Waals surface area (Å²) in [5.74, 6) is 0.742. The lowest BCUT2D eigenvalue weighted by molar-refractivity contribution is 0.277. The molecule has 0 aliphatic carbocycles. The number of aromatic nitrogens is 2. The molecule has 0 aliphatic heterocycles. The number of fused-ring (bicyclic) bond motifs is 1. The van der Waals surface area contributed by atoms with E-state index in [4.69, 9.17) is 9.84 Å². The zero-order valence-electron chi connectivity index (χ0n) is 11.3. The van der Waals surface area contributed by atoms with E-state index in [9.17, 15) is 0 Å². The molecule has 1 heterocycles. The Morgan fingerprint density at radius 2 is 2.00 bits per heavy atom. The fraction of sp³-hybridized carbons (Fsp3) is 0.188. The highest BCUT2D eigenvalue weighted by molar-refractivity contribution is 5.81. The molecule has 1 N–H and O–H groups in total. The van der Waals surface area contributed by atoms with E-state index in [1.165, 1.54) is 0 Å². The van der Waals surface area contributed by atoms with Gasteiger partial charge in [0.1, 0.15) is 18.1 Å². The van der Waals surface area contributed by atoms with Gasteiger partial charge in [0.2, 0.25) is 0 Å². The number of benzene rings is 2. The largest absolute Gasteiger partial charge is 0.487 e. The molecule has 0 saturated heterocycles. The molecule has 1 aromatic heterocycles. The molecule has 4 nitrogen and oxygen atoms in total. The second-order valence-electron chi connectivity index (χ2n) is 4.68. The lowest BCUT2D eigenvalue weighted by atomic mass is 10.2. The molecular weight excluding hydrogens is 252 g/mol. The number of nitrogens with zero attached hydrogens (tertiary/aromatic N) is 2. The van der Waals surface area contributed by atoms with Crippen molar-refractivity contribution in [2.45, 2.75) is 13.2 Å². The van der Waals surface area contributed by atoms with E-state index in [2.05, 4.69) is 5.10 Å². The number of aryl methyl sites for hydroxylation is 1. The first-order valence-electron chi connectivity index (χ1n) is 6.51. The first kappa shape index (κ1) is 12.7. The molecule has 3 aromatic rings. The van der Waals surface area contributed by atoms with E-state index in [1.807, 2.05) is 60.3 Å². The quantitative estimate of drug-likeness (QED) is 0.791. The Kier molecular flexibility index (Phi) is 3.39. The molecule has 4 heteroatoms. The van der Waals surface area contributed by atoms with Gasteiger partial charge in [-0.15, -0.1) is 0 Å². The molecule has 0 bridgehead atoms. The van der Waals surface area contributed by atoms with Crippen LogP contribution in [0, 0.1) is 0 Å². The number of ether oxygens (including phenoxy) is 1. The third kappa shape index (κ3) is 2.38. The maximum absolute atomic E-state index is 9.12. The molecule has 0 amide bonds. The summed E-state index contributed by atoms with van der Waals surface area (Å²) in [6, 6.07) is 15.5. The molecule has 0 saturated carbocycles. The Bertz CT molecular complexity index is 734. The average molecular weight is 268 g/mol. The molecule has 0 fully saturated rings. The van der Waals surface area contributed by atoms with Crippen LogP contribution >= 0.6 is 0 Å². The van der Waals surface area contributed by atoms with Crippen molar-refractivity contribution in [1.29, 1.82) is 0 Å². The summed E-state index contributed by atoms with van der Waals surface area (Å²) in [5, 5.41) is 14.7. The van der Waals surface area contributed by atoms with Gasteiger partial charge in [-0.25, -0.2) is 0 Å².